The van der Waals surface area contributed by atoms with Crippen LogP contribution in [0.25, 0.3) is 10.9 Å². The summed E-state index contributed by atoms with van der Waals surface area (Å²) in [6, 6.07) is 20.1. The Balaban J connectivity index is 1.48. The topological polar surface area (TPSA) is 56.9 Å². The number of carbonyl (C=O) groups excluding carboxylic acids is 1. The smallest absolute Gasteiger partial charge is 0.241 e. The van der Waals surface area contributed by atoms with E-state index in [1.54, 1.807) is 11.3 Å². The van der Waals surface area contributed by atoms with Crippen LogP contribution in [0.5, 0.6) is 0 Å². The molecule has 2 atom stereocenters. The molecule has 4 nitrogen and oxygen atoms in total. The lowest BCUT2D eigenvalue weighted by molar-refractivity contribution is -0.117. The summed E-state index contributed by atoms with van der Waals surface area (Å²) in [5, 5.41) is 9.75. The number of aromatic nitrogens is 1. The van der Waals surface area contributed by atoms with Gasteiger partial charge in [0.1, 0.15) is 0 Å². The van der Waals surface area contributed by atoms with Gasteiger partial charge in [0, 0.05) is 40.1 Å². The van der Waals surface area contributed by atoms with Crippen LogP contribution in [0.15, 0.2) is 72.2 Å². The number of amides is 1. The van der Waals surface area contributed by atoms with E-state index in [2.05, 4.69) is 57.5 Å². The van der Waals surface area contributed by atoms with Crippen molar-refractivity contribution in [2.45, 2.75) is 25.8 Å². The van der Waals surface area contributed by atoms with Gasteiger partial charge in [0.2, 0.25) is 5.91 Å². The number of nitrogens with one attached hydrogen (secondary N) is 3. The molecule has 5 heteroatoms. The average molecular weight is 404 g/mol. The number of anilines is 1. The highest BCUT2D eigenvalue weighted by molar-refractivity contribution is 7.10. The average Bonchev–Trinajstić information content (AvgIpc) is 3.40. The predicted octanol–water partition coefficient (Wildman–Crippen LogP) is 5.29. The molecule has 3 N–H and O–H groups in total. The van der Waals surface area contributed by atoms with E-state index in [0.717, 1.165) is 11.2 Å². The molecule has 0 fully saturated rings. The summed E-state index contributed by atoms with van der Waals surface area (Å²) >= 11 is 1.75. The molecule has 0 radical (unpaired) electrons. The Bertz CT molecular complexity index is 1080. The summed E-state index contributed by atoms with van der Waals surface area (Å²) in [5.74, 6) is 0.151. The largest absolute Gasteiger partial charge is 0.361 e. The second-order valence-electron chi connectivity index (χ2n) is 7.34. The summed E-state index contributed by atoms with van der Waals surface area (Å²) in [6.45, 7) is 4.63. The highest BCUT2D eigenvalue weighted by Crippen LogP contribution is 2.32. The zero-order valence-electron chi connectivity index (χ0n) is 16.6. The standard InChI is InChI=1S/C24H25N3OS/c1-16-9-11-18(12-10-16)27-24(28)17(2)25-15-21(23-8-5-13-29-23)20-14-26-22-7-4-3-6-19(20)22/h3-14,17,21,25-26H,15H2,1-2H3,(H,27,28)/t17-,21-/m0/s1. The Kier molecular flexibility index (Phi) is 5.79. The van der Waals surface area contributed by atoms with Gasteiger partial charge in [-0.2, -0.15) is 0 Å². The first-order chi connectivity index (χ1) is 14.1. The maximum absolute atomic E-state index is 12.6. The molecule has 0 bridgehead atoms. The predicted molar refractivity (Wildman–Crippen MR) is 122 cm³/mol. The first kappa shape index (κ1) is 19.4. The van der Waals surface area contributed by atoms with Crippen LogP contribution in [0.2, 0.25) is 0 Å². The number of thiophene rings is 1. The number of carbonyl (C=O) groups is 1. The molecule has 0 aliphatic rings. The fraction of sp³-hybridized carbons (Fsp3) is 0.208. The summed E-state index contributed by atoms with van der Waals surface area (Å²) in [6.07, 6.45) is 2.09. The second-order valence-corrected chi connectivity index (χ2v) is 8.32. The van der Waals surface area contributed by atoms with Gasteiger partial charge in [0.15, 0.2) is 0 Å². The van der Waals surface area contributed by atoms with E-state index in [4.69, 9.17) is 0 Å². The number of H-pyrrole nitrogens is 1. The highest BCUT2D eigenvalue weighted by Gasteiger charge is 2.21. The molecule has 148 valence electrons. The van der Waals surface area contributed by atoms with Gasteiger partial charge in [0.05, 0.1) is 6.04 Å². The van der Waals surface area contributed by atoms with Crippen LogP contribution in [0, 0.1) is 6.92 Å². The van der Waals surface area contributed by atoms with Crippen LogP contribution in [-0.2, 0) is 4.79 Å². The number of rotatable bonds is 7. The molecular weight excluding hydrogens is 378 g/mol. The normalized spacial score (nSPS) is 13.3. The monoisotopic (exact) mass is 403 g/mol. The van der Waals surface area contributed by atoms with Gasteiger partial charge in [-0.05, 0) is 49.1 Å². The number of fused-ring (bicyclic) bond motifs is 1. The van der Waals surface area contributed by atoms with Crippen LogP contribution in [0.3, 0.4) is 0 Å². The van der Waals surface area contributed by atoms with Gasteiger partial charge >= 0.3 is 0 Å². The van der Waals surface area contributed by atoms with E-state index >= 15 is 0 Å². The van der Waals surface area contributed by atoms with Crippen LogP contribution in [0.4, 0.5) is 5.69 Å². The number of hydrogen-bond acceptors (Lipinski definition) is 3. The minimum absolute atomic E-state index is 0.0299. The van der Waals surface area contributed by atoms with Crippen molar-refractivity contribution in [3.05, 3.63) is 88.2 Å². The van der Waals surface area contributed by atoms with E-state index in [1.165, 1.54) is 21.4 Å². The molecule has 2 heterocycles. The number of hydrogen-bond donors (Lipinski definition) is 3. The van der Waals surface area contributed by atoms with Crippen molar-refractivity contribution < 1.29 is 4.79 Å². The molecule has 0 aliphatic heterocycles. The number of aromatic amines is 1. The third-order valence-corrected chi connectivity index (χ3v) is 6.21. The molecule has 2 aromatic carbocycles. The molecule has 0 unspecified atom stereocenters. The van der Waals surface area contributed by atoms with Crippen molar-refractivity contribution in [3.8, 4) is 0 Å². The van der Waals surface area contributed by atoms with Crippen LogP contribution >= 0.6 is 11.3 Å². The van der Waals surface area contributed by atoms with Crippen molar-refractivity contribution in [2.75, 3.05) is 11.9 Å². The lowest BCUT2D eigenvalue weighted by Crippen LogP contribution is -2.40. The van der Waals surface area contributed by atoms with E-state index in [-0.39, 0.29) is 17.9 Å². The highest BCUT2D eigenvalue weighted by atomic mass is 32.1. The van der Waals surface area contributed by atoms with Gasteiger partial charge < -0.3 is 15.6 Å². The van der Waals surface area contributed by atoms with Crippen molar-refractivity contribution in [3.63, 3.8) is 0 Å². The maximum atomic E-state index is 12.6. The third kappa shape index (κ3) is 4.42. The van der Waals surface area contributed by atoms with E-state index in [1.807, 2.05) is 44.2 Å². The first-order valence-corrected chi connectivity index (χ1v) is 10.7. The third-order valence-electron chi connectivity index (χ3n) is 5.22. The fourth-order valence-corrected chi connectivity index (χ4v) is 4.36. The van der Waals surface area contributed by atoms with Gasteiger partial charge in [-0.3, -0.25) is 4.79 Å². The minimum Gasteiger partial charge on any atom is -0.361 e. The zero-order chi connectivity index (χ0) is 20.2. The lowest BCUT2D eigenvalue weighted by Gasteiger charge is -2.20. The van der Waals surface area contributed by atoms with E-state index < -0.39 is 0 Å². The Morgan fingerprint density at radius 2 is 1.86 bits per heavy atom. The van der Waals surface area contributed by atoms with Crippen molar-refractivity contribution >= 4 is 33.8 Å². The summed E-state index contributed by atoms with van der Waals surface area (Å²) in [5.41, 5.74) is 4.38. The molecular formula is C24H25N3OS. The molecule has 0 saturated carbocycles. The molecule has 4 aromatic rings. The summed E-state index contributed by atoms with van der Waals surface area (Å²) < 4.78 is 0. The summed E-state index contributed by atoms with van der Waals surface area (Å²) in [4.78, 5) is 17.3. The molecule has 0 aliphatic carbocycles. The van der Waals surface area contributed by atoms with Gasteiger partial charge in [-0.15, -0.1) is 11.3 Å². The van der Waals surface area contributed by atoms with Gasteiger partial charge in [-0.25, -0.2) is 0 Å². The fourth-order valence-electron chi connectivity index (χ4n) is 3.51. The molecule has 29 heavy (non-hydrogen) atoms. The zero-order valence-corrected chi connectivity index (χ0v) is 17.4. The van der Waals surface area contributed by atoms with Crippen LogP contribution in [-0.4, -0.2) is 23.5 Å². The Labute approximate surface area is 175 Å². The quantitative estimate of drug-likeness (QED) is 0.393. The second kappa shape index (κ2) is 8.64. The van der Waals surface area contributed by atoms with Gasteiger partial charge in [-0.1, -0.05) is 42.0 Å². The lowest BCUT2D eigenvalue weighted by atomic mass is 9.96. The van der Waals surface area contributed by atoms with Crippen molar-refractivity contribution in [1.29, 1.82) is 0 Å². The summed E-state index contributed by atoms with van der Waals surface area (Å²) in [7, 11) is 0. The molecule has 0 saturated heterocycles. The Morgan fingerprint density at radius 1 is 1.07 bits per heavy atom. The van der Waals surface area contributed by atoms with Crippen LogP contribution < -0.4 is 10.6 Å². The van der Waals surface area contributed by atoms with Crippen molar-refractivity contribution in [2.24, 2.45) is 0 Å². The number of benzene rings is 2. The Hall–Kier alpha value is -2.89. The van der Waals surface area contributed by atoms with Gasteiger partial charge in [0.25, 0.3) is 0 Å². The maximum Gasteiger partial charge on any atom is 0.241 e. The molecule has 0 spiro atoms. The van der Waals surface area contributed by atoms with E-state index in [0.29, 0.717) is 6.54 Å². The Morgan fingerprint density at radius 3 is 2.62 bits per heavy atom. The number of aryl methyl sites for hydroxylation is 1. The van der Waals surface area contributed by atoms with E-state index in [9.17, 15) is 4.79 Å². The van der Waals surface area contributed by atoms with Crippen molar-refractivity contribution in [1.82, 2.24) is 10.3 Å². The molecule has 2 aromatic heterocycles. The minimum atomic E-state index is -0.302. The van der Waals surface area contributed by atoms with Crippen LogP contribution in [0.1, 0.15) is 28.8 Å². The number of para-hydroxylation sites is 1. The first-order valence-electron chi connectivity index (χ1n) is 9.82. The molecule has 1 amide bonds. The molecule has 4 rings (SSSR count). The SMILES string of the molecule is Cc1ccc(NC(=O)[C@H](C)NC[C@H](c2cccs2)c2c[nH]c3ccccc23)cc1.